The number of hydrogen-bond acceptors (Lipinski definition) is 1. The van der Waals surface area contributed by atoms with Crippen LogP contribution >= 0.6 is 0 Å². The maximum Gasteiger partial charge on any atom is 0.0436 e. The monoisotopic (exact) mass is 172 g/mol. The largest absolute Gasteiger partial charge is 0.396 e. The molecule has 0 aliphatic rings. The van der Waals surface area contributed by atoms with Gasteiger partial charge in [0.2, 0.25) is 0 Å². The Morgan fingerprint density at radius 1 is 1.17 bits per heavy atom. The van der Waals surface area contributed by atoms with Crippen molar-refractivity contribution in [2.75, 3.05) is 6.61 Å². The summed E-state index contributed by atoms with van der Waals surface area (Å²) in [4.78, 5) is 0. The summed E-state index contributed by atoms with van der Waals surface area (Å²) in [6.45, 7) is 9.34. The third-order valence-corrected chi connectivity index (χ3v) is 2.98. The molecule has 0 aromatic rings. The van der Waals surface area contributed by atoms with Crippen molar-refractivity contribution in [3.8, 4) is 0 Å². The summed E-state index contributed by atoms with van der Waals surface area (Å²) in [7, 11) is 0. The number of hydrogen-bond donors (Lipinski definition) is 1. The molecule has 0 amide bonds. The molecule has 0 bridgehead atoms. The first-order chi connectivity index (χ1) is 5.60. The molecule has 0 spiro atoms. The van der Waals surface area contributed by atoms with Crippen LogP contribution in [0, 0.1) is 11.3 Å². The molecule has 74 valence electrons. The smallest absolute Gasteiger partial charge is 0.0436 e. The first kappa shape index (κ1) is 12.0. The fraction of sp³-hybridized carbons (Fsp3) is 1.00. The van der Waals surface area contributed by atoms with E-state index in [1.807, 2.05) is 0 Å². The second-order valence-corrected chi connectivity index (χ2v) is 4.28. The molecule has 0 atom stereocenters. The van der Waals surface area contributed by atoms with Crippen LogP contribution in [-0.2, 0) is 0 Å². The zero-order valence-electron chi connectivity index (χ0n) is 9.06. The lowest BCUT2D eigenvalue weighted by atomic mass is 9.73. The van der Waals surface area contributed by atoms with Crippen LogP contribution in [-0.4, -0.2) is 11.7 Å². The van der Waals surface area contributed by atoms with Gasteiger partial charge < -0.3 is 5.11 Å². The molecule has 1 nitrogen and oxygen atoms in total. The molecule has 0 aliphatic carbocycles. The van der Waals surface area contributed by atoms with Gasteiger partial charge in [-0.05, 0) is 24.2 Å². The Morgan fingerprint density at radius 3 is 1.92 bits per heavy atom. The van der Waals surface area contributed by atoms with Crippen molar-refractivity contribution in [2.45, 2.75) is 53.4 Å². The molecule has 12 heavy (non-hydrogen) atoms. The highest BCUT2D eigenvalue weighted by atomic mass is 16.3. The van der Waals surface area contributed by atoms with E-state index in [1.165, 1.54) is 19.3 Å². The minimum atomic E-state index is 0.342. The first-order valence-electron chi connectivity index (χ1n) is 5.21. The van der Waals surface area contributed by atoms with Crippen LogP contribution in [0.2, 0.25) is 0 Å². The lowest BCUT2D eigenvalue weighted by Gasteiger charge is -2.32. The SMILES string of the molecule is CCC(CC)(CCO)CC(C)C. The predicted octanol–water partition coefficient (Wildman–Crippen LogP) is 3.22. The van der Waals surface area contributed by atoms with Gasteiger partial charge in [-0.3, -0.25) is 0 Å². The Balaban J connectivity index is 4.13. The van der Waals surface area contributed by atoms with Gasteiger partial charge in [-0.15, -0.1) is 0 Å². The van der Waals surface area contributed by atoms with Crippen LogP contribution in [0.15, 0.2) is 0 Å². The molecular formula is C11H24O. The van der Waals surface area contributed by atoms with E-state index in [9.17, 15) is 0 Å². The van der Waals surface area contributed by atoms with E-state index in [-0.39, 0.29) is 0 Å². The van der Waals surface area contributed by atoms with Crippen LogP contribution < -0.4 is 0 Å². The van der Waals surface area contributed by atoms with Gasteiger partial charge in [0.1, 0.15) is 0 Å². The Bertz CT molecular complexity index is 104. The van der Waals surface area contributed by atoms with Crippen LogP contribution in [0.1, 0.15) is 53.4 Å². The first-order valence-corrected chi connectivity index (χ1v) is 5.21. The van der Waals surface area contributed by atoms with Gasteiger partial charge in [0.15, 0.2) is 0 Å². The van der Waals surface area contributed by atoms with Crippen molar-refractivity contribution in [2.24, 2.45) is 11.3 Å². The Kier molecular flexibility index (Phi) is 5.56. The molecule has 0 radical (unpaired) electrons. The highest BCUT2D eigenvalue weighted by molar-refractivity contribution is 4.77. The highest BCUT2D eigenvalue weighted by Gasteiger charge is 2.25. The predicted molar refractivity (Wildman–Crippen MR) is 54.2 cm³/mol. The summed E-state index contributed by atoms with van der Waals surface area (Å²) in [6.07, 6.45) is 4.61. The van der Waals surface area contributed by atoms with Gasteiger partial charge in [0.25, 0.3) is 0 Å². The fourth-order valence-corrected chi connectivity index (χ4v) is 2.10. The second-order valence-electron chi connectivity index (χ2n) is 4.28. The van der Waals surface area contributed by atoms with Crippen LogP contribution in [0.3, 0.4) is 0 Å². The summed E-state index contributed by atoms with van der Waals surface area (Å²) >= 11 is 0. The summed E-state index contributed by atoms with van der Waals surface area (Å²) in [5.41, 5.74) is 0.406. The third-order valence-electron chi connectivity index (χ3n) is 2.98. The second kappa shape index (κ2) is 5.58. The molecule has 1 N–H and O–H groups in total. The van der Waals surface area contributed by atoms with E-state index < -0.39 is 0 Å². The van der Waals surface area contributed by atoms with Crippen LogP contribution in [0.25, 0.3) is 0 Å². The minimum Gasteiger partial charge on any atom is -0.396 e. The molecule has 0 aromatic carbocycles. The lowest BCUT2D eigenvalue weighted by Crippen LogP contribution is -2.22. The summed E-state index contributed by atoms with van der Waals surface area (Å²) in [6, 6.07) is 0. The van der Waals surface area contributed by atoms with Crippen molar-refractivity contribution >= 4 is 0 Å². The van der Waals surface area contributed by atoms with Crippen LogP contribution in [0.5, 0.6) is 0 Å². The number of rotatable bonds is 6. The van der Waals surface area contributed by atoms with Crippen molar-refractivity contribution in [1.29, 1.82) is 0 Å². The molecular weight excluding hydrogens is 148 g/mol. The van der Waals surface area contributed by atoms with Gasteiger partial charge in [0, 0.05) is 6.61 Å². The quantitative estimate of drug-likeness (QED) is 0.652. The molecule has 0 fully saturated rings. The molecule has 0 unspecified atom stereocenters. The van der Waals surface area contributed by atoms with E-state index in [0.717, 1.165) is 12.3 Å². The van der Waals surface area contributed by atoms with Gasteiger partial charge in [0.05, 0.1) is 0 Å². The van der Waals surface area contributed by atoms with Gasteiger partial charge in [-0.1, -0.05) is 40.5 Å². The maximum absolute atomic E-state index is 8.98. The average Bonchev–Trinajstić information content (AvgIpc) is 2.03. The standard InChI is InChI=1S/C11H24O/c1-5-11(6-2,7-8-12)9-10(3)4/h10,12H,5-9H2,1-4H3. The van der Waals surface area contributed by atoms with Crippen molar-refractivity contribution in [1.82, 2.24) is 0 Å². The van der Waals surface area contributed by atoms with Gasteiger partial charge in [-0.2, -0.15) is 0 Å². The summed E-state index contributed by atoms with van der Waals surface area (Å²) < 4.78 is 0. The number of aliphatic hydroxyl groups excluding tert-OH is 1. The zero-order valence-corrected chi connectivity index (χ0v) is 9.06. The summed E-state index contributed by atoms with van der Waals surface area (Å²) in [5, 5.41) is 8.98. The molecule has 0 saturated carbocycles. The van der Waals surface area contributed by atoms with E-state index in [1.54, 1.807) is 0 Å². The Hall–Kier alpha value is -0.0400. The Morgan fingerprint density at radius 2 is 1.67 bits per heavy atom. The summed E-state index contributed by atoms with van der Waals surface area (Å²) in [5.74, 6) is 0.747. The zero-order chi connectivity index (χ0) is 9.61. The molecule has 0 saturated heterocycles. The van der Waals surface area contributed by atoms with Gasteiger partial charge >= 0.3 is 0 Å². The molecule has 1 heteroatoms. The average molecular weight is 172 g/mol. The minimum absolute atomic E-state index is 0.342. The number of aliphatic hydroxyl groups is 1. The molecule has 0 aromatic heterocycles. The molecule has 0 heterocycles. The van der Waals surface area contributed by atoms with E-state index in [2.05, 4.69) is 27.7 Å². The lowest BCUT2D eigenvalue weighted by molar-refractivity contribution is 0.140. The molecule has 0 aliphatic heterocycles. The highest BCUT2D eigenvalue weighted by Crippen LogP contribution is 2.36. The molecule has 0 rings (SSSR count). The van der Waals surface area contributed by atoms with Crippen molar-refractivity contribution in [3.05, 3.63) is 0 Å². The topological polar surface area (TPSA) is 20.2 Å². The Labute approximate surface area is 77.2 Å². The van der Waals surface area contributed by atoms with E-state index in [4.69, 9.17) is 5.11 Å². The van der Waals surface area contributed by atoms with Crippen LogP contribution in [0.4, 0.5) is 0 Å². The van der Waals surface area contributed by atoms with E-state index >= 15 is 0 Å². The van der Waals surface area contributed by atoms with E-state index in [0.29, 0.717) is 12.0 Å². The van der Waals surface area contributed by atoms with Crippen molar-refractivity contribution < 1.29 is 5.11 Å². The van der Waals surface area contributed by atoms with Gasteiger partial charge in [-0.25, -0.2) is 0 Å². The third kappa shape index (κ3) is 3.57. The maximum atomic E-state index is 8.98. The van der Waals surface area contributed by atoms with Crippen molar-refractivity contribution in [3.63, 3.8) is 0 Å². The fourth-order valence-electron chi connectivity index (χ4n) is 2.10. The normalized spacial score (nSPS) is 12.5.